The van der Waals surface area contributed by atoms with Gasteiger partial charge in [-0.15, -0.1) is 0 Å². The first-order chi connectivity index (χ1) is 8.67. The Balaban J connectivity index is 2.54. The normalized spacial score (nSPS) is 11.1. The predicted octanol–water partition coefficient (Wildman–Crippen LogP) is 3.38. The minimum atomic E-state index is -1.00. The van der Waals surface area contributed by atoms with E-state index >= 15 is 0 Å². The highest BCUT2D eigenvalue weighted by Crippen LogP contribution is 2.12. The first-order valence-corrected chi connectivity index (χ1v) is 6.71. The lowest BCUT2D eigenvalue weighted by Crippen LogP contribution is -2.25. The molecule has 0 saturated carbocycles. The van der Waals surface area contributed by atoms with Crippen molar-refractivity contribution < 1.29 is 14.3 Å². The number of hydrogen-bond acceptors (Lipinski definition) is 3. The predicted molar refractivity (Wildman–Crippen MR) is 70.8 cm³/mol. The molecule has 0 aliphatic rings. The molecular weight excluding hydrogens is 230 g/mol. The van der Waals surface area contributed by atoms with E-state index in [0.717, 1.165) is 31.7 Å². The highest BCUT2D eigenvalue weighted by Gasteiger charge is 2.11. The van der Waals surface area contributed by atoms with Gasteiger partial charge in [-0.1, -0.05) is 26.7 Å². The Morgan fingerprint density at radius 2 is 1.83 bits per heavy atom. The van der Waals surface area contributed by atoms with Crippen molar-refractivity contribution in [2.24, 2.45) is 0 Å². The summed E-state index contributed by atoms with van der Waals surface area (Å²) in [7, 11) is 0. The first-order valence-electron chi connectivity index (χ1n) is 6.71. The molecule has 0 saturated heterocycles. The quantitative estimate of drug-likeness (QED) is 0.733. The molecule has 0 aliphatic carbocycles. The van der Waals surface area contributed by atoms with Crippen LogP contribution in [0.2, 0.25) is 0 Å². The molecule has 0 amide bonds. The van der Waals surface area contributed by atoms with Gasteiger partial charge in [-0.25, -0.2) is 4.79 Å². The van der Waals surface area contributed by atoms with Gasteiger partial charge in [0.25, 0.3) is 0 Å². The number of unbranched alkanes of at least 4 members (excludes halogenated alkanes) is 2. The van der Waals surface area contributed by atoms with Crippen LogP contribution < -0.4 is 0 Å². The van der Waals surface area contributed by atoms with Crippen molar-refractivity contribution in [3.05, 3.63) is 23.7 Å². The second kappa shape index (κ2) is 7.93. The molecule has 0 aliphatic heterocycles. The van der Waals surface area contributed by atoms with E-state index in [1.54, 1.807) is 6.07 Å². The van der Waals surface area contributed by atoms with Crippen molar-refractivity contribution in [2.75, 3.05) is 13.1 Å². The third-order valence-corrected chi connectivity index (χ3v) is 2.91. The molecule has 4 nitrogen and oxygen atoms in total. The molecule has 0 unspecified atom stereocenters. The van der Waals surface area contributed by atoms with Gasteiger partial charge in [0.2, 0.25) is 5.76 Å². The summed E-state index contributed by atoms with van der Waals surface area (Å²) >= 11 is 0. The molecule has 0 fully saturated rings. The van der Waals surface area contributed by atoms with Crippen molar-refractivity contribution >= 4 is 5.97 Å². The van der Waals surface area contributed by atoms with Crippen LogP contribution in [-0.4, -0.2) is 29.1 Å². The summed E-state index contributed by atoms with van der Waals surface area (Å²) in [6.45, 7) is 7.13. The highest BCUT2D eigenvalue weighted by atomic mass is 16.4. The maximum absolute atomic E-state index is 10.7. The van der Waals surface area contributed by atoms with E-state index in [-0.39, 0.29) is 5.76 Å². The van der Waals surface area contributed by atoms with Gasteiger partial charge in [0, 0.05) is 0 Å². The van der Waals surface area contributed by atoms with Gasteiger partial charge in [0.1, 0.15) is 5.76 Å². The molecule has 0 bridgehead atoms. The summed E-state index contributed by atoms with van der Waals surface area (Å²) in [6.07, 6.45) is 4.66. The second-order valence-electron chi connectivity index (χ2n) is 4.55. The number of hydrogen-bond donors (Lipinski definition) is 1. The lowest BCUT2D eigenvalue weighted by molar-refractivity contribution is 0.0658. The van der Waals surface area contributed by atoms with Gasteiger partial charge in [-0.3, -0.25) is 4.90 Å². The van der Waals surface area contributed by atoms with E-state index in [0.29, 0.717) is 6.54 Å². The van der Waals surface area contributed by atoms with E-state index in [1.807, 2.05) is 0 Å². The SMILES string of the molecule is CCCCN(CCCC)Cc1ccc(C(=O)O)o1. The topological polar surface area (TPSA) is 53.7 Å². The number of carboxylic acid groups (broad SMARTS) is 1. The number of carboxylic acids is 1. The Kier molecular flexibility index (Phi) is 6.50. The van der Waals surface area contributed by atoms with E-state index in [1.165, 1.54) is 18.9 Å². The van der Waals surface area contributed by atoms with Crippen molar-refractivity contribution in [1.82, 2.24) is 4.90 Å². The summed E-state index contributed by atoms with van der Waals surface area (Å²) in [4.78, 5) is 13.1. The summed E-state index contributed by atoms with van der Waals surface area (Å²) in [5.74, 6) is -0.245. The van der Waals surface area contributed by atoms with E-state index in [9.17, 15) is 4.79 Å². The number of furan rings is 1. The number of carbonyl (C=O) groups is 1. The molecule has 1 heterocycles. The van der Waals surface area contributed by atoms with Crippen molar-refractivity contribution in [1.29, 1.82) is 0 Å². The molecule has 1 aromatic rings. The average molecular weight is 253 g/mol. The summed E-state index contributed by atoms with van der Waals surface area (Å²) in [6, 6.07) is 3.28. The maximum Gasteiger partial charge on any atom is 0.371 e. The third kappa shape index (κ3) is 4.92. The van der Waals surface area contributed by atoms with Crippen LogP contribution in [0.1, 0.15) is 55.8 Å². The van der Waals surface area contributed by atoms with Gasteiger partial charge in [0.05, 0.1) is 6.54 Å². The largest absolute Gasteiger partial charge is 0.475 e. The Morgan fingerprint density at radius 1 is 1.22 bits per heavy atom. The summed E-state index contributed by atoms with van der Waals surface area (Å²) < 4.78 is 5.29. The summed E-state index contributed by atoms with van der Waals surface area (Å²) in [5.41, 5.74) is 0. The summed E-state index contributed by atoms with van der Waals surface area (Å²) in [5, 5.41) is 8.81. The molecule has 1 rings (SSSR count). The molecule has 18 heavy (non-hydrogen) atoms. The standard InChI is InChI=1S/C14H23NO3/c1-3-5-9-15(10-6-4-2)11-12-7-8-13(18-12)14(16)17/h7-8H,3-6,9-11H2,1-2H3,(H,16,17). The zero-order chi connectivity index (χ0) is 13.4. The average Bonchev–Trinajstić information content (AvgIpc) is 2.81. The second-order valence-corrected chi connectivity index (χ2v) is 4.55. The maximum atomic E-state index is 10.7. The van der Waals surface area contributed by atoms with Gasteiger partial charge in [0.15, 0.2) is 0 Å². The van der Waals surface area contributed by atoms with Gasteiger partial charge >= 0.3 is 5.97 Å². The molecule has 0 radical (unpaired) electrons. The van der Waals surface area contributed by atoms with Crippen molar-refractivity contribution in [2.45, 2.75) is 46.1 Å². The van der Waals surface area contributed by atoms with Crippen molar-refractivity contribution in [3.8, 4) is 0 Å². The molecular formula is C14H23NO3. The van der Waals surface area contributed by atoms with Crippen LogP contribution >= 0.6 is 0 Å². The van der Waals surface area contributed by atoms with Crippen LogP contribution in [0.3, 0.4) is 0 Å². The van der Waals surface area contributed by atoms with Gasteiger partial charge in [-0.2, -0.15) is 0 Å². The first kappa shape index (κ1) is 14.8. The lowest BCUT2D eigenvalue weighted by atomic mass is 10.2. The van der Waals surface area contributed by atoms with Crippen LogP contribution in [0, 0.1) is 0 Å². The van der Waals surface area contributed by atoms with Crippen LogP contribution in [0.4, 0.5) is 0 Å². The molecule has 0 atom stereocenters. The Hall–Kier alpha value is -1.29. The Bertz CT molecular complexity index is 352. The minimum absolute atomic E-state index is 0.0240. The van der Waals surface area contributed by atoms with Crippen LogP contribution in [0.15, 0.2) is 16.5 Å². The van der Waals surface area contributed by atoms with Crippen molar-refractivity contribution in [3.63, 3.8) is 0 Å². The fraction of sp³-hybridized carbons (Fsp3) is 0.643. The minimum Gasteiger partial charge on any atom is -0.475 e. The molecule has 1 aromatic heterocycles. The number of rotatable bonds is 9. The van der Waals surface area contributed by atoms with Crippen LogP contribution in [0.5, 0.6) is 0 Å². The smallest absolute Gasteiger partial charge is 0.371 e. The van der Waals surface area contributed by atoms with Crippen LogP contribution in [-0.2, 0) is 6.54 Å². The van der Waals surface area contributed by atoms with E-state index in [2.05, 4.69) is 18.7 Å². The van der Waals surface area contributed by atoms with E-state index < -0.39 is 5.97 Å². The van der Waals surface area contributed by atoms with Crippen LogP contribution in [0.25, 0.3) is 0 Å². The monoisotopic (exact) mass is 253 g/mol. The zero-order valence-electron chi connectivity index (χ0n) is 11.3. The fourth-order valence-electron chi connectivity index (χ4n) is 1.83. The van der Waals surface area contributed by atoms with Gasteiger partial charge < -0.3 is 9.52 Å². The molecule has 0 aromatic carbocycles. The Labute approximate surface area is 109 Å². The highest BCUT2D eigenvalue weighted by molar-refractivity contribution is 5.84. The molecule has 102 valence electrons. The van der Waals surface area contributed by atoms with E-state index in [4.69, 9.17) is 9.52 Å². The zero-order valence-corrected chi connectivity index (χ0v) is 11.3. The Morgan fingerprint density at radius 3 is 2.28 bits per heavy atom. The fourth-order valence-corrected chi connectivity index (χ4v) is 1.83. The lowest BCUT2D eigenvalue weighted by Gasteiger charge is -2.20. The molecule has 1 N–H and O–H groups in total. The molecule has 0 spiro atoms. The third-order valence-electron chi connectivity index (χ3n) is 2.91. The number of aromatic carboxylic acids is 1. The number of nitrogens with zero attached hydrogens (tertiary/aromatic N) is 1. The van der Waals surface area contributed by atoms with Gasteiger partial charge in [-0.05, 0) is 38.1 Å². The molecule has 4 heteroatoms.